The first-order valence-electron chi connectivity index (χ1n) is 8.49. The van der Waals surface area contributed by atoms with Crippen LogP contribution < -0.4 is 16.2 Å². The Labute approximate surface area is 160 Å². The van der Waals surface area contributed by atoms with Gasteiger partial charge in [-0.1, -0.05) is 12.1 Å². The van der Waals surface area contributed by atoms with Gasteiger partial charge in [0.05, 0.1) is 6.33 Å². The number of benzene rings is 1. The summed E-state index contributed by atoms with van der Waals surface area (Å²) in [4.78, 5) is 44.0. The summed E-state index contributed by atoms with van der Waals surface area (Å²) in [5, 5.41) is 2.74. The van der Waals surface area contributed by atoms with Gasteiger partial charge in [0.2, 0.25) is 5.91 Å². The van der Waals surface area contributed by atoms with E-state index in [9.17, 15) is 14.4 Å². The summed E-state index contributed by atoms with van der Waals surface area (Å²) in [6.07, 6.45) is 6.81. The minimum atomic E-state index is -0.530. The first kappa shape index (κ1) is 18.8. The second-order valence-corrected chi connectivity index (χ2v) is 5.80. The van der Waals surface area contributed by atoms with Crippen LogP contribution in [0.2, 0.25) is 0 Å². The number of rotatable bonds is 6. The molecule has 3 N–H and O–H groups in total. The van der Waals surface area contributed by atoms with E-state index >= 15 is 0 Å². The largest absolute Gasteiger partial charge is 0.337 e. The fourth-order valence-electron chi connectivity index (χ4n) is 2.36. The van der Waals surface area contributed by atoms with E-state index < -0.39 is 11.8 Å². The van der Waals surface area contributed by atoms with Gasteiger partial charge in [-0.05, 0) is 30.3 Å². The fraction of sp³-hybridized carbons (Fsp3) is 0.105. The van der Waals surface area contributed by atoms with Crippen molar-refractivity contribution in [2.45, 2.75) is 13.0 Å². The SMILES string of the molecule is O=C(CCn1ccnc1)Nc1cccc(C(=O)NNC(=O)c2ccccn2)c1. The molecule has 0 saturated carbocycles. The van der Waals surface area contributed by atoms with E-state index in [1.165, 1.54) is 18.3 Å². The van der Waals surface area contributed by atoms with Gasteiger partial charge in [-0.3, -0.25) is 30.2 Å². The quantitative estimate of drug-likeness (QED) is 0.560. The van der Waals surface area contributed by atoms with Crippen LogP contribution in [0.1, 0.15) is 27.3 Å². The minimum Gasteiger partial charge on any atom is -0.337 e. The number of carbonyl (C=O) groups excluding carboxylic acids is 3. The van der Waals surface area contributed by atoms with Crippen LogP contribution in [-0.2, 0) is 11.3 Å². The Balaban J connectivity index is 1.52. The van der Waals surface area contributed by atoms with Gasteiger partial charge in [-0.2, -0.15) is 0 Å². The molecule has 9 nitrogen and oxygen atoms in total. The van der Waals surface area contributed by atoms with Gasteiger partial charge in [0, 0.05) is 42.8 Å². The van der Waals surface area contributed by atoms with Crippen LogP contribution in [0.25, 0.3) is 0 Å². The first-order chi connectivity index (χ1) is 13.6. The summed E-state index contributed by atoms with van der Waals surface area (Å²) in [6.45, 7) is 0.506. The van der Waals surface area contributed by atoms with E-state index in [0.717, 1.165) is 0 Å². The molecule has 0 radical (unpaired) electrons. The molecule has 0 atom stereocenters. The smallest absolute Gasteiger partial charge is 0.288 e. The van der Waals surface area contributed by atoms with Crippen LogP contribution in [0.4, 0.5) is 5.69 Å². The Hall–Kier alpha value is -4.01. The van der Waals surface area contributed by atoms with Crippen molar-refractivity contribution in [3.8, 4) is 0 Å². The maximum Gasteiger partial charge on any atom is 0.288 e. The number of carbonyl (C=O) groups is 3. The van der Waals surface area contributed by atoms with Crippen molar-refractivity contribution < 1.29 is 14.4 Å². The molecule has 0 spiro atoms. The molecule has 2 heterocycles. The molecule has 0 aliphatic rings. The van der Waals surface area contributed by atoms with E-state index in [-0.39, 0.29) is 23.6 Å². The minimum absolute atomic E-state index is 0.182. The molecule has 1 aromatic carbocycles. The number of nitrogens with zero attached hydrogens (tertiary/aromatic N) is 3. The molecular weight excluding hydrogens is 360 g/mol. The van der Waals surface area contributed by atoms with E-state index in [1.807, 2.05) is 0 Å². The van der Waals surface area contributed by atoms with Crippen molar-refractivity contribution in [3.05, 3.63) is 78.6 Å². The third kappa shape index (κ3) is 5.24. The summed E-state index contributed by atoms with van der Waals surface area (Å²) in [5.41, 5.74) is 5.57. The Morgan fingerprint density at radius 1 is 0.964 bits per heavy atom. The van der Waals surface area contributed by atoms with Crippen molar-refractivity contribution in [2.24, 2.45) is 0 Å². The molecule has 2 aromatic heterocycles. The molecule has 0 unspecified atom stereocenters. The predicted molar refractivity (Wildman–Crippen MR) is 101 cm³/mol. The number of amides is 3. The van der Waals surface area contributed by atoms with Crippen molar-refractivity contribution in [2.75, 3.05) is 5.32 Å². The van der Waals surface area contributed by atoms with Gasteiger partial charge in [0.15, 0.2) is 0 Å². The maximum atomic E-state index is 12.2. The second-order valence-electron chi connectivity index (χ2n) is 5.80. The second kappa shape index (κ2) is 9.08. The third-order valence-electron chi connectivity index (χ3n) is 3.75. The molecular formula is C19H18N6O3. The number of anilines is 1. The van der Waals surface area contributed by atoms with Crippen LogP contribution in [0.15, 0.2) is 67.4 Å². The van der Waals surface area contributed by atoms with E-state index in [2.05, 4.69) is 26.1 Å². The highest BCUT2D eigenvalue weighted by Crippen LogP contribution is 2.11. The number of nitrogens with one attached hydrogen (secondary N) is 3. The van der Waals surface area contributed by atoms with Crippen molar-refractivity contribution >= 4 is 23.4 Å². The average Bonchev–Trinajstić information content (AvgIpc) is 3.25. The van der Waals surface area contributed by atoms with Gasteiger partial charge >= 0.3 is 0 Å². The molecule has 0 fully saturated rings. The number of imidazole rings is 1. The lowest BCUT2D eigenvalue weighted by atomic mass is 10.2. The van der Waals surface area contributed by atoms with E-state index in [0.29, 0.717) is 12.2 Å². The number of pyridine rings is 1. The van der Waals surface area contributed by atoms with E-state index in [4.69, 9.17) is 0 Å². The lowest BCUT2D eigenvalue weighted by Crippen LogP contribution is -2.41. The molecule has 3 aromatic rings. The normalized spacial score (nSPS) is 10.1. The monoisotopic (exact) mass is 378 g/mol. The summed E-state index contributed by atoms with van der Waals surface area (Å²) in [7, 11) is 0. The van der Waals surface area contributed by atoms with Gasteiger partial charge < -0.3 is 9.88 Å². The van der Waals surface area contributed by atoms with Crippen LogP contribution >= 0.6 is 0 Å². The number of hydrogen-bond donors (Lipinski definition) is 3. The van der Waals surface area contributed by atoms with Crippen LogP contribution in [0.5, 0.6) is 0 Å². The van der Waals surface area contributed by atoms with Crippen LogP contribution in [0.3, 0.4) is 0 Å². The average molecular weight is 378 g/mol. The van der Waals surface area contributed by atoms with Gasteiger partial charge in [-0.25, -0.2) is 4.98 Å². The fourth-order valence-corrected chi connectivity index (χ4v) is 2.36. The van der Waals surface area contributed by atoms with Gasteiger partial charge in [0.1, 0.15) is 5.69 Å². The number of aromatic nitrogens is 3. The molecule has 3 amide bonds. The highest BCUT2D eigenvalue weighted by Gasteiger charge is 2.11. The maximum absolute atomic E-state index is 12.2. The highest BCUT2D eigenvalue weighted by molar-refractivity contribution is 5.99. The lowest BCUT2D eigenvalue weighted by molar-refractivity contribution is -0.116. The standard InChI is InChI=1S/C19H18N6O3/c26-17(7-10-25-11-9-20-13-25)22-15-5-3-4-14(12-15)18(27)23-24-19(28)16-6-1-2-8-21-16/h1-6,8-9,11-13H,7,10H2,(H,22,26)(H,23,27)(H,24,28). The van der Waals surface area contributed by atoms with Crippen molar-refractivity contribution in [3.63, 3.8) is 0 Å². The molecule has 0 saturated heterocycles. The topological polar surface area (TPSA) is 118 Å². The Kier molecular flexibility index (Phi) is 6.09. The Morgan fingerprint density at radius 2 is 1.82 bits per heavy atom. The van der Waals surface area contributed by atoms with E-state index in [1.54, 1.807) is 53.6 Å². The van der Waals surface area contributed by atoms with Gasteiger partial charge in [-0.15, -0.1) is 0 Å². The summed E-state index contributed by atoms with van der Waals surface area (Å²) >= 11 is 0. The molecule has 0 bridgehead atoms. The Morgan fingerprint density at radius 3 is 2.57 bits per heavy atom. The van der Waals surface area contributed by atoms with Crippen LogP contribution in [0, 0.1) is 0 Å². The predicted octanol–water partition coefficient (Wildman–Crippen LogP) is 1.38. The first-order valence-corrected chi connectivity index (χ1v) is 8.49. The molecule has 9 heteroatoms. The summed E-state index contributed by atoms with van der Waals surface area (Å²) in [5.74, 6) is -1.23. The van der Waals surface area contributed by atoms with Crippen molar-refractivity contribution in [1.82, 2.24) is 25.4 Å². The van der Waals surface area contributed by atoms with Crippen LogP contribution in [-0.4, -0.2) is 32.3 Å². The summed E-state index contributed by atoms with van der Waals surface area (Å²) < 4.78 is 1.80. The zero-order chi connectivity index (χ0) is 19.8. The van der Waals surface area contributed by atoms with Gasteiger partial charge in [0.25, 0.3) is 11.8 Å². The molecule has 0 aliphatic carbocycles. The molecule has 3 rings (SSSR count). The van der Waals surface area contributed by atoms with Crippen molar-refractivity contribution in [1.29, 1.82) is 0 Å². The summed E-state index contributed by atoms with van der Waals surface area (Å²) in [6, 6.07) is 11.3. The zero-order valence-electron chi connectivity index (χ0n) is 14.8. The lowest BCUT2D eigenvalue weighted by Gasteiger charge is -2.09. The molecule has 0 aliphatic heterocycles. The number of hydrogen-bond acceptors (Lipinski definition) is 5. The highest BCUT2D eigenvalue weighted by atomic mass is 16.2. The molecule has 28 heavy (non-hydrogen) atoms. The number of hydrazine groups is 1. The Bertz CT molecular complexity index is 957. The zero-order valence-corrected chi connectivity index (χ0v) is 14.8. The third-order valence-corrected chi connectivity index (χ3v) is 3.75. The molecule has 142 valence electrons. The number of aryl methyl sites for hydroxylation is 1.